The molecule has 2 atom stereocenters. The summed E-state index contributed by atoms with van der Waals surface area (Å²) in [4.78, 5) is 0. The molecule has 1 aromatic rings. The third-order valence-electron chi connectivity index (χ3n) is 3.25. The molecule has 100 valence electrons. The summed E-state index contributed by atoms with van der Waals surface area (Å²) in [7, 11) is -1.74. The molecule has 1 fully saturated rings. The number of halogens is 1. The Morgan fingerprint density at radius 2 is 2.17 bits per heavy atom. The smallest absolute Gasteiger partial charge is 0.156 e. The second-order valence-electron chi connectivity index (χ2n) is 4.46. The van der Waals surface area contributed by atoms with Crippen LogP contribution in [0.1, 0.15) is 18.5 Å². The Balaban J connectivity index is 2.39. The molecule has 0 bridgehead atoms. The molecule has 2 unspecified atom stereocenters. The van der Waals surface area contributed by atoms with Gasteiger partial charge in [-0.15, -0.1) is 0 Å². The van der Waals surface area contributed by atoms with Gasteiger partial charge in [-0.05, 0) is 19.1 Å². The van der Waals surface area contributed by atoms with Crippen LogP contribution in [0.3, 0.4) is 0 Å². The highest BCUT2D eigenvalue weighted by Crippen LogP contribution is 2.31. The van der Waals surface area contributed by atoms with Crippen molar-refractivity contribution in [2.75, 3.05) is 19.4 Å². The van der Waals surface area contributed by atoms with Crippen molar-refractivity contribution in [3.8, 4) is 5.75 Å². The van der Waals surface area contributed by atoms with Gasteiger partial charge in [-0.25, -0.2) is 12.8 Å². The van der Waals surface area contributed by atoms with Gasteiger partial charge < -0.3 is 10.1 Å². The zero-order chi connectivity index (χ0) is 13.3. The van der Waals surface area contributed by atoms with Crippen LogP contribution < -0.4 is 10.1 Å². The van der Waals surface area contributed by atoms with Gasteiger partial charge in [-0.3, -0.25) is 0 Å². The lowest BCUT2D eigenvalue weighted by Crippen LogP contribution is -2.44. The molecule has 0 saturated carbocycles. The van der Waals surface area contributed by atoms with Crippen molar-refractivity contribution in [1.82, 2.24) is 5.32 Å². The molecule has 2 rings (SSSR count). The molecule has 0 aliphatic carbocycles. The van der Waals surface area contributed by atoms with Crippen LogP contribution in [-0.4, -0.2) is 33.1 Å². The molecule has 1 aliphatic rings. The van der Waals surface area contributed by atoms with Crippen molar-refractivity contribution in [2.24, 2.45) is 0 Å². The Labute approximate surface area is 106 Å². The molecule has 1 N–H and O–H groups in total. The maximum absolute atomic E-state index is 13.9. The summed E-state index contributed by atoms with van der Waals surface area (Å²) in [6, 6.07) is 3.93. The SMILES string of the molecule is COc1cccc(F)c1C1CS(=O)(=O)C(C)CN1. The minimum atomic E-state index is -3.19. The maximum Gasteiger partial charge on any atom is 0.156 e. The van der Waals surface area contributed by atoms with Crippen molar-refractivity contribution in [2.45, 2.75) is 18.2 Å². The van der Waals surface area contributed by atoms with Gasteiger partial charge in [0.2, 0.25) is 0 Å². The third kappa shape index (κ3) is 2.35. The lowest BCUT2D eigenvalue weighted by molar-refractivity contribution is 0.391. The first-order valence-corrected chi connectivity index (χ1v) is 7.44. The van der Waals surface area contributed by atoms with Gasteiger partial charge >= 0.3 is 0 Å². The number of nitrogens with one attached hydrogen (secondary N) is 1. The fourth-order valence-corrected chi connectivity index (χ4v) is 3.54. The van der Waals surface area contributed by atoms with Crippen molar-refractivity contribution >= 4 is 9.84 Å². The van der Waals surface area contributed by atoms with Gasteiger partial charge in [-0.1, -0.05) is 6.07 Å². The van der Waals surface area contributed by atoms with Crippen molar-refractivity contribution in [3.05, 3.63) is 29.6 Å². The van der Waals surface area contributed by atoms with E-state index in [1.807, 2.05) is 0 Å². The largest absolute Gasteiger partial charge is 0.496 e. The molecule has 6 heteroatoms. The van der Waals surface area contributed by atoms with Gasteiger partial charge in [0.15, 0.2) is 9.84 Å². The van der Waals surface area contributed by atoms with Gasteiger partial charge in [-0.2, -0.15) is 0 Å². The highest BCUT2D eigenvalue weighted by molar-refractivity contribution is 7.92. The fourth-order valence-electron chi connectivity index (χ4n) is 2.11. The number of methoxy groups -OCH3 is 1. The maximum atomic E-state index is 13.9. The summed E-state index contributed by atoms with van der Waals surface area (Å²) in [5.41, 5.74) is 0.287. The van der Waals surface area contributed by atoms with E-state index < -0.39 is 26.9 Å². The summed E-state index contributed by atoms with van der Waals surface area (Å²) in [5.74, 6) is -0.181. The molecule has 0 aromatic heterocycles. The Morgan fingerprint density at radius 1 is 1.44 bits per heavy atom. The molecule has 1 aliphatic heterocycles. The van der Waals surface area contributed by atoms with E-state index in [1.54, 1.807) is 13.0 Å². The first-order chi connectivity index (χ1) is 8.45. The standard InChI is InChI=1S/C12H16FNO3S/c1-8-6-14-10(7-18(8,15)16)12-9(13)4-3-5-11(12)17-2/h3-5,8,10,14H,6-7H2,1-2H3. The average molecular weight is 273 g/mol. The summed E-state index contributed by atoms with van der Waals surface area (Å²) in [5, 5.41) is 2.62. The summed E-state index contributed by atoms with van der Waals surface area (Å²) in [6.07, 6.45) is 0. The van der Waals surface area contributed by atoms with E-state index in [4.69, 9.17) is 4.74 Å². The number of hydrogen-bond acceptors (Lipinski definition) is 4. The Hall–Kier alpha value is -1.14. The highest BCUT2D eigenvalue weighted by atomic mass is 32.2. The van der Waals surface area contributed by atoms with E-state index in [-0.39, 0.29) is 11.3 Å². The van der Waals surface area contributed by atoms with Crippen LogP contribution in [0.2, 0.25) is 0 Å². The Bertz CT molecular complexity index is 544. The van der Waals surface area contributed by atoms with Crippen molar-refractivity contribution in [3.63, 3.8) is 0 Å². The Kier molecular flexibility index (Phi) is 3.59. The van der Waals surface area contributed by atoms with Gasteiger partial charge in [0, 0.05) is 12.1 Å². The Morgan fingerprint density at radius 3 is 2.78 bits per heavy atom. The molecule has 1 aromatic carbocycles. The number of ether oxygens (including phenoxy) is 1. The number of rotatable bonds is 2. The second-order valence-corrected chi connectivity index (χ2v) is 6.92. The third-order valence-corrected chi connectivity index (χ3v) is 5.44. The van der Waals surface area contributed by atoms with E-state index in [2.05, 4.69) is 5.32 Å². The first kappa shape index (κ1) is 13.3. The minimum Gasteiger partial charge on any atom is -0.496 e. The number of hydrogen-bond donors (Lipinski definition) is 1. The quantitative estimate of drug-likeness (QED) is 0.882. The molecule has 1 saturated heterocycles. The fraction of sp³-hybridized carbons (Fsp3) is 0.500. The van der Waals surface area contributed by atoms with E-state index >= 15 is 0 Å². The number of sulfone groups is 1. The van der Waals surface area contributed by atoms with Crippen LogP contribution in [0, 0.1) is 5.82 Å². The molecule has 0 spiro atoms. The lowest BCUT2D eigenvalue weighted by atomic mass is 10.1. The average Bonchev–Trinajstić information content (AvgIpc) is 2.32. The molecular weight excluding hydrogens is 257 g/mol. The van der Waals surface area contributed by atoms with Crippen molar-refractivity contribution in [1.29, 1.82) is 0 Å². The lowest BCUT2D eigenvalue weighted by Gasteiger charge is -2.29. The topological polar surface area (TPSA) is 55.4 Å². The van der Waals surface area contributed by atoms with E-state index in [1.165, 1.54) is 19.2 Å². The zero-order valence-corrected chi connectivity index (χ0v) is 11.1. The molecular formula is C12H16FNO3S. The predicted molar refractivity (Wildman–Crippen MR) is 66.9 cm³/mol. The van der Waals surface area contributed by atoms with E-state index in [9.17, 15) is 12.8 Å². The minimum absolute atomic E-state index is 0.106. The highest BCUT2D eigenvalue weighted by Gasteiger charge is 2.34. The van der Waals surface area contributed by atoms with Crippen molar-refractivity contribution < 1.29 is 17.5 Å². The molecule has 18 heavy (non-hydrogen) atoms. The monoisotopic (exact) mass is 273 g/mol. The van der Waals surface area contributed by atoms with Gasteiger partial charge in [0.25, 0.3) is 0 Å². The molecule has 1 heterocycles. The summed E-state index contributed by atoms with van der Waals surface area (Å²) >= 11 is 0. The van der Waals surface area contributed by atoms with Crippen LogP contribution >= 0.6 is 0 Å². The first-order valence-electron chi connectivity index (χ1n) is 5.73. The van der Waals surface area contributed by atoms with E-state index in [0.717, 1.165) is 0 Å². The predicted octanol–water partition coefficient (Wildman–Crippen LogP) is 1.28. The normalized spacial score (nSPS) is 26.8. The van der Waals surface area contributed by atoms with Crippen LogP contribution in [0.5, 0.6) is 5.75 Å². The molecule has 0 amide bonds. The molecule has 0 radical (unpaired) electrons. The summed E-state index contributed by atoms with van der Waals surface area (Å²) < 4.78 is 42.7. The van der Waals surface area contributed by atoms with Crippen LogP contribution in [-0.2, 0) is 9.84 Å². The number of benzene rings is 1. The van der Waals surface area contributed by atoms with Gasteiger partial charge in [0.05, 0.1) is 24.2 Å². The van der Waals surface area contributed by atoms with Crippen LogP contribution in [0.15, 0.2) is 18.2 Å². The summed E-state index contributed by atoms with van der Waals surface area (Å²) in [6.45, 7) is 1.97. The van der Waals surface area contributed by atoms with Gasteiger partial charge in [0.1, 0.15) is 11.6 Å². The van der Waals surface area contributed by atoms with E-state index in [0.29, 0.717) is 12.3 Å². The zero-order valence-electron chi connectivity index (χ0n) is 10.3. The second kappa shape index (κ2) is 4.85. The molecule has 4 nitrogen and oxygen atoms in total. The van der Waals surface area contributed by atoms with Crippen LogP contribution in [0.25, 0.3) is 0 Å². The van der Waals surface area contributed by atoms with Crippen LogP contribution in [0.4, 0.5) is 4.39 Å².